The van der Waals surface area contributed by atoms with Crippen molar-refractivity contribution in [3.63, 3.8) is 0 Å². The molecular weight excluding hydrogens is 388 g/mol. The molecule has 3 heterocycles. The van der Waals surface area contributed by atoms with E-state index in [0.717, 1.165) is 29.2 Å². The van der Waals surface area contributed by atoms with Crippen LogP contribution in [0, 0.1) is 16.0 Å². The second-order valence-electron chi connectivity index (χ2n) is 7.66. The lowest BCUT2D eigenvalue weighted by Gasteiger charge is -2.29. The summed E-state index contributed by atoms with van der Waals surface area (Å²) in [6, 6.07) is 12.4. The Morgan fingerprint density at radius 2 is 1.70 bits per heavy atom. The summed E-state index contributed by atoms with van der Waals surface area (Å²) in [4.78, 5) is 38.6. The molecule has 3 fully saturated rings. The molecule has 3 atom stereocenters. The molecule has 0 bridgehead atoms. The molecule has 0 saturated carbocycles. The Labute approximate surface area is 172 Å². The maximum absolute atomic E-state index is 13.5. The van der Waals surface area contributed by atoms with Crippen LogP contribution in [0.25, 0.3) is 0 Å². The van der Waals surface area contributed by atoms with Crippen LogP contribution in [0.3, 0.4) is 0 Å². The number of rotatable bonds is 4. The van der Waals surface area contributed by atoms with Gasteiger partial charge in [-0.05, 0) is 30.2 Å². The van der Waals surface area contributed by atoms with Gasteiger partial charge in [-0.1, -0.05) is 18.2 Å². The van der Waals surface area contributed by atoms with Crippen molar-refractivity contribution in [3.05, 3.63) is 64.2 Å². The summed E-state index contributed by atoms with van der Waals surface area (Å²) in [5.41, 5.74) is 1.03. The third-order valence-corrected chi connectivity index (χ3v) is 6.16. The number of benzene rings is 2. The van der Waals surface area contributed by atoms with Gasteiger partial charge in [-0.25, -0.2) is 14.9 Å². The average Bonchev–Trinajstić information content (AvgIpc) is 3.40. The first-order valence-corrected chi connectivity index (χ1v) is 9.80. The minimum Gasteiger partial charge on any atom is -0.497 e. The number of nitro groups is 1. The molecule has 0 unspecified atom stereocenters. The summed E-state index contributed by atoms with van der Waals surface area (Å²) in [5.74, 6) is -0.488. The normalized spacial score (nSPS) is 26.2. The van der Waals surface area contributed by atoms with Gasteiger partial charge in [-0.15, -0.1) is 0 Å². The number of amides is 2. The van der Waals surface area contributed by atoms with Gasteiger partial charge in [0.2, 0.25) is 5.91 Å². The number of non-ortho nitro benzene ring substituents is 1. The molecule has 154 valence electrons. The van der Waals surface area contributed by atoms with Crippen LogP contribution < -0.4 is 9.64 Å². The fourth-order valence-corrected chi connectivity index (χ4v) is 4.91. The predicted molar refractivity (Wildman–Crippen MR) is 107 cm³/mol. The highest BCUT2D eigenvalue weighted by atomic mass is 16.6. The van der Waals surface area contributed by atoms with E-state index in [1.807, 2.05) is 29.3 Å². The fourth-order valence-electron chi connectivity index (χ4n) is 4.91. The van der Waals surface area contributed by atoms with Crippen LogP contribution in [0.4, 0.5) is 11.4 Å². The highest BCUT2D eigenvalue weighted by molar-refractivity contribution is 6.24. The molecule has 0 aliphatic carbocycles. The van der Waals surface area contributed by atoms with Gasteiger partial charge in [0, 0.05) is 25.2 Å². The number of hydrazine groups is 1. The Kier molecular flexibility index (Phi) is 4.30. The van der Waals surface area contributed by atoms with E-state index in [9.17, 15) is 19.7 Å². The number of ether oxygens (including phenoxy) is 1. The van der Waals surface area contributed by atoms with Gasteiger partial charge >= 0.3 is 0 Å². The zero-order chi connectivity index (χ0) is 21.0. The summed E-state index contributed by atoms with van der Waals surface area (Å²) in [5, 5.41) is 15.3. The summed E-state index contributed by atoms with van der Waals surface area (Å²) in [6.45, 7) is 1.48. The molecule has 3 aliphatic heterocycles. The second-order valence-corrected chi connectivity index (χ2v) is 7.66. The van der Waals surface area contributed by atoms with E-state index in [-0.39, 0.29) is 29.2 Å². The largest absolute Gasteiger partial charge is 0.497 e. The molecule has 0 spiro atoms. The molecule has 9 heteroatoms. The number of carbonyl (C=O) groups is 2. The van der Waals surface area contributed by atoms with Crippen LogP contribution in [0.5, 0.6) is 5.75 Å². The van der Waals surface area contributed by atoms with Crippen LogP contribution in [-0.2, 0) is 9.59 Å². The lowest BCUT2D eigenvalue weighted by molar-refractivity contribution is -0.384. The van der Waals surface area contributed by atoms with Crippen LogP contribution in [-0.4, -0.2) is 53.0 Å². The molecule has 5 rings (SSSR count). The van der Waals surface area contributed by atoms with Gasteiger partial charge in [0.25, 0.3) is 11.6 Å². The van der Waals surface area contributed by atoms with E-state index >= 15 is 0 Å². The van der Waals surface area contributed by atoms with Crippen LogP contribution in [0.1, 0.15) is 18.0 Å². The number of carbonyl (C=O) groups excluding carboxylic acids is 2. The molecular formula is C21H20N4O5. The Morgan fingerprint density at radius 3 is 2.37 bits per heavy atom. The number of nitro benzene ring substituents is 1. The van der Waals surface area contributed by atoms with Gasteiger partial charge in [0.05, 0.1) is 29.7 Å². The number of fused-ring (bicyclic) bond motifs is 3. The first-order valence-electron chi connectivity index (χ1n) is 9.80. The molecule has 0 aromatic heterocycles. The summed E-state index contributed by atoms with van der Waals surface area (Å²) in [7, 11) is 1.60. The topological polar surface area (TPSA) is 96.2 Å². The quantitative estimate of drug-likeness (QED) is 0.434. The third-order valence-electron chi connectivity index (χ3n) is 6.16. The smallest absolute Gasteiger partial charge is 0.271 e. The molecule has 0 N–H and O–H groups in total. The Morgan fingerprint density at radius 1 is 1.00 bits per heavy atom. The molecule has 30 heavy (non-hydrogen) atoms. The van der Waals surface area contributed by atoms with Crippen molar-refractivity contribution >= 4 is 23.2 Å². The number of hydrogen-bond donors (Lipinski definition) is 0. The highest BCUT2D eigenvalue weighted by Crippen LogP contribution is 2.49. The van der Waals surface area contributed by atoms with E-state index in [1.165, 1.54) is 18.2 Å². The standard InChI is InChI=1S/C21H20N4O5/c1-30-16-8-6-13(7-9-16)18-17-19(23-11-3-10-22(18)23)21(27)24(20(17)26)14-4-2-5-15(12-14)25(28)29/h2,4-9,12,17-19H,3,10-11H2,1H3/t17-,18+,19-/m0/s1. The van der Waals surface area contributed by atoms with Gasteiger partial charge in [0.1, 0.15) is 11.8 Å². The van der Waals surface area contributed by atoms with Crippen molar-refractivity contribution in [1.82, 2.24) is 10.0 Å². The number of anilines is 1. The minimum atomic E-state index is -0.591. The van der Waals surface area contributed by atoms with Gasteiger partial charge in [-0.2, -0.15) is 0 Å². The molecule has 9 nitrogen and oxygen atoms in total. The van der Waals surface area contributed by atoms with E-state index < -0.39 is 16.9 Å². The second kappa shape index (κ2) is 6.89. The summed E-state index contributed by atoms with van der Waals surface area (Å²) in [6.07, 6.45) is 0.911. The molecule has 3 aliphatic rings. The zero-order valence-corrected chi connectivity index (χ0v) is 16.3. The third kappa shape index (κ3) is 2.62. The number of imide groups is 1. The first kappa shape index (κ1) is 18.7. The molecule has 2 aromatic carbocycles. The Hall–Kier alpha value is -3.30. The van der Waals surface area contributed by atoms with Crippen molar-refractivity contribution < 1.29 is 19.2 Å². The maximum Gasteiger partial charge on any atom is 0.271 e. The Balaban J connectivity index is 1.55. The van der Waals surface area contributed by atoms with Crippen LogP contribution >= 0.6 is 0 Å². The number of nitrogens with zero attached hydrogens (tertiary/aromatic N) is 4. The SMILES string of the molecule is COc1ccc([C@@H]2[C@@H]3C(=O)N(c4cccc([N+](=O)[O-])c4)C(=O)[C@H]3N3CCCN23)cc1. The zero-order valence-electron chi connectivity index (χ0n) is 16.3. The van der Waals surface area contributed by atoms with E-state index in [0.29, 0.717) is 6.54 Å². The van der Waals surface area contributed by atoms with E-state index in [4.69, 9.17) is 4.74 Å². The predicted octanol–water partition coefficient (Wildman–Crippen LogP) is 2.14. The Bertz CT molecular complexity index is 1040. The van der Waals surface area contributed by atoms with Crippen LogP contribution in [0.2, 0.25) is 0 Å². The van der Waals surface area contributed by atoms with Gasteiger partial charge < -0.3 is 4.74 Å². The van der Waals surface area contributed by atoms with Crippen molar-refractivity contribution in [1.29, 1.82) is 0 Å². The minimum absolute atomic E-state index is 0.153. The lowest BCUT2D eigenvalue weighted by Crippen LogP contribution is -2.44. The van der Waals surface area contributed by atoms with Gasteiger partial charge in [-0.3, -0.25) is 19.7 Å². The monoisotopic (exact) mass is 408 g/mol. The van der Waals surface area contributed by atoms with Gasteiger partial charge in [0.15, 0.2) is 0 Å². The summed E-state index contributed by atoms with van der Waals surface area (Å²) < 4.78 is 5.24. The molecule has 3 saturated heterocycles. The van der Waals surface area contributed by atoms with Crippen molar-refractivity contribution in [2.24, 2.45) is 5.92 Å². The lowest BCUT2D eigenvalue weighted by atomic mass is 9.90. The van der Waals surface area contributed by atoms with Crippen molar-refractivity contribution in [2.45, 2.75) is 18.5 Å². The van der Waals surface area contributed by atoms with Crippen LogP contribution in [0.15, 0.2) is 48.5 Å². The molecule has 2 aromatic rings. The van der Waals surface area contributed by atoms with Crippen molar-refractivity contribution in [2.75, 3.05) is 25.1 Å². The fraction of sp³-hybridized carbons (Fsp3) is 0.333. The van der Waals surface area contributed by atoms with Crippen molar-refractivity contribution in [3.8, 4) is 5.75 Å². The number of methoxy groups -OCH3 is 1. The van der Waals surface area contributed by atoms with E-state index in [2.05, 4.69) is 5.01 Å². The molecule has 2 amide bonds. The number of hydrogen-bond acceptors (Lipinski definition) is 7. The first-order chi connectivity index (χ1) is 14.5. The summed E-state index contributed by atoms with van der Waals surface area (Å²) >= 11 is 0. The highest BCUT2D eigenvalue weighted by Gasteiger charge is 2.62. The van der Waals surface area contributed by atoms with E-state index in [1.54, 1.807) is 13.2 Å². The maximum atomic E-state index is 13.5. The average molecular weight is 408 g/mol. The molecule has 0 radical (unpaired) electrons.